The summed E-state index contributed by atoms with van der Waals surface area (Å²) in [6.07, 6.45) is 3.23. The zero-order valence-electron chi connectivity index (χ0n) is 31.3. The van der Waals surface area contributed by atoms with Crippen molar-refractivity contribution in [3.05, 3.63) is 162 Å². The topological polar surface area (TPSA) is 73.4 Å². The van der Waals surface area contributed by atoms with Crippen LogP contribution in [0, 0.1) is 0 Å². The van der Waals surface area contributed by atoms with Crippen LogP contribution in [0.4, 0.5) is 25.2 Å². The molecule has 2 aliphatic rings. The Labute approximate surface area is 326 Å². The van der Waals surface area contributed by atoms with Gasteiger partial charge in [0.25, 0.3) is 5.97 Å². The van der Waals surface area contributed by atoms with E-state index in [9.17, 15) is 25.2 Å². The van der Waals surface area contributed by atoms with Gasteiger partial charge in [-0.15, -0.1) is 0 Å². The molecule has 2 saturated heterocycles. The number of benzene rings is 4. The molecule has 0 bridgehead atoms. The van der Waals surface area contributed by atoms with Crippen LogP contribution in [0.1, 0.15) is 34.7 Å². The third-order valence-electron chi connectivity index (χ3n) is 8.95. The van der Waals surface area contributed by atoms with E-state index in [0.717, 1.165) is 28.8 Å². The second-order valence-electron chi connectivity index (χ2n) is 13.9. The number of aromatic nitrogens is 2. The van der Waals surface area contributed by atoms with Crippen molar-refractivity contribution in [3.63, 3.8) is 0 Å². The fourth-order valence-electron chi connectivity index (χ4n) is 6.34. The summed E-state index contributed by atoms with van der Waals surface area (Å²) in [5, 5.41) is 0. The van der Waals surface area contributed by atoms with E-state index in [1.165, 1.54) is 5.56 Å². The fourth-order valence-corrected chi connectivity index (χ4v) is 6.34. The Hall–Kier alpha value is -4.18. The molecule has 0 saturated carbocycles. The molecule has 57 heavy (non-hydrogen) atoms. The standard InChI is InChI=1S/C41H45N2O7.F6P/c1-41(47-28-35-20-18-31(19-21-35)24-43-23-22-42(2)30-43)49-39-38(46-27-34-16-10-5-11-17-34)37(45-26-33-14-8-4-9-15-33)36(48-40(39)50-41)29-44-25-32-12-6-3-7-13-32;1-7(2,3,4,5)6/h3-23,30,36-40H,24-29H2,1-2H3;/q+1;-1/t36-,37-,38+,39+,40+,41?;/m1./s1. The van der Waals surface area contributed by atoms with Crippen molar-refractivity contribution in [1.82, 2.24) is 4.57 Å². The van der Waals surface area contributed by atoms with Gasteiger partial charge in [-0.3, -0.25) is 4.74 Å². The van der Waals surface area contributed by atoms with Crippen LogP contribution in [0.3, 0.4) is 0 Å². The van der Waals surface area contributed by atoms with E-state index >= 15 is 0 Å². The van der Waals surface area contributed by atoms with Crippen LogP contribution in [-0.2, 0) is 73.2 Å². The maximum atomic E-state index is 9.87. The van der Waals surface area contributed by atoms with E-state index < -0.39 is 44.5 Å². The monoisotopic (exact) mass is 822 g/mol. The summed E-state index contributed by atoms with van der Waals surface area (Å²) in [5.74, 6) is -1.37. The van der Waals surface area contributed by atoms with Gasteiger partial charge in [0, 0.05) is 6.92 Å². The first-order chi connectivity index (χ1) is 26.9. The van der Waals surface area contributed by atoms with Crippen LogP contribution >= 0.6 is 7.81 Å². The van der Waals surface area contributed by atoms with E-state index in [1.807, 2.05) is 109 Å². The number of ether oxygens (including phenoxy) is 7. The summed E-state index contributed by atoms with van der Waals surface area (Å²) in [4.78, 5) is 0. The van der Waals surface area contributed by atoms with Crippen LogP contribution in [-0.4, -0.2) is 47.9 Å². The quantitative estimate of drug-likeness (QED) is 0.0592. The Morgan fingerprint density at radius 1 is 0.649 bits per heavy atom. The number of nitrogens with zero attached hydrogens (tertiary/aromatic N) is 2. The SMILES string of the molecule is C[n+]1ccn(Cc2ccc(COC3(C)O[C@@H]4O[C@H](COCc5ccccc5)[C@@H](OCc5ccccc5)[C@H](OCc5ccccc5)[C@@H]4O3)cc2)c1.F[P-](F)(F)(F)(F)F. The Balaban J connectivity index is 0.000000719. The van der Waals surface area contributed by atoms with Gasteiger partial charge in [0.2, 0.25) is 6.33 Å². The molecule has 0 N–H and O–H groups in total. The zero-order chi connectivity index (χ0) is 40.6. The summed E-state index contributed by atoms with van der Waals surface area (Å²) in [5.41, 5.74) is 5.37. The second-order valence-corrected chi connectivity index (χ2v) is 15.9. The van der Waals surface area contributed by atoms with Gasteiger partial charge in [0.05, 0.1) is 40.1 Å². The van der Waals surface area contributed by atoms with Crippen LogP contribution in [0.15, 0.2) is 134 Å². The third kappa shape index (κ3) is 14.3. The Morgan fingerprint density at radius 2 is 1.14 bits per heavy atom. The molecule has 6 atom stereocenters. The van der Waals surface area contributed by atoms with E-state index in [2.05, 4.69) is 41.4 Å². The summed E-state index contributed by atoms with van der Waals surface area (Å²) < 4.78 is 109. The second kappa shape index (κ2) is 17.4. The summed E-state index contributed by atoms with van der Waals surface area (Å²) >= 11 is 0. The number of aryl methyl sites for hydroxylation is 1. The van der Waals surface area contributed by atoms with Gasteiger partial charge in [0.1, 0.15) is 43.4 Å². The molecule has 16 heteroatoms. The Kier molecular flexibility index (Phi) is 12.9. The zero-order valence-corrected chi connectivity index (χ0v) is 32.2. The van der Waals surface area contributed by atoms with Crippen LogP contribution in [0.25, 0.3) is 0 Å². The average molecular weight is 823 g/mol. The van der Waals surface area contributed by atoms with Crippen molar-refractivity contribution < 1.29 is 62.9 Å². The molecule has 9 nitrogen and oxygen atoms in total. The van der Waals surface area contributed by atoms with Crippen molar-refractivity contribution in [1.29, 1.82) is 0 Å². The summed E-state index contributed by atoms with van der Waals surface area (Å²) in [6, 6.07) is 38.6. The van der Waals surface area contributed by atoms with Gasteiger partial charge in [-0.1, -0.05) is 115 Å². The molecule has 308 valence electrons. The Bertz CT molecular complexity index is 1990. The van der Waals surface area contributed by atoms with Crippen LogP contribution in [0.2, 0.25) is 0 Å². The normalized spacial score (nSPS) is 24.5. The number of hydrogen-bond acceptors (Lipinski definition) is 7. The number of halogens is 6. The first-order valence-corrected chi connectivity index (χ1v) is 20.2. The maximum absolute atomic E-state index is 10.7. The Morgan fingerprint density at radius 3 is 1.67 bits per heavy atom. The van der Waals surface area contributed by atoms with Gasteiger partial charge in [-0.2, -0.15) is 0 Å². The molecular formula is C41H45F6N2O7P. The molecule has 7 rings (SSSR count). The molecule has 0 radical (unpaired) electrons. The van der Waals surface area contributed by atoms with Crippen LogP contribution in [0.5, 0.6) is 0 Å². The van der Waals surface area contributed by atoms with Crippen molar-refractivity contribution in [3.8, 4) is 0 Å². The number of hydrogen-bond donors (Lipinski definition) is 0. The average Bonchev–Trinajstić information content (AvgIpc) is 3.74. The van der Waals surface area contributed by atoms with Gasteiger partial charge in [0.15, 0.2) is 6.29 Å². The summed E-state index contributed by atoms with van der Waals surface area (Å²) in [6.45, 7) is 4.33. The predicted molar refractivity (Wildman–Crippen MR) is 199 cm³/mol. The molecule has 0 aliphatic carbocycles. The van der Waals surface area contributed by atoms with E-state index in [1.54, 1.807) is 6.92 Å². The molecule has 2 aliphatic heterocycles. The molecule has 4 aromatic carbocycles. The minimum absolute atomic E-state index is 0.275. The number of fused-ring (bicyclic) bond motifs is 1. The van der Waals surface area contributed by atoms with Crippen molar-refractivity contribution >= 4 is 7.81 Å². The number of imidazole rings is 1. The van der Waals surface area contributed by atoms with Crippen molar-refractivity contribution in [2.24, 2.45) is 7.05 Å². The molecule has 0 spiro atoms. The molecule has 1 aromatic heterocycles. The molecule has 2 fully saturated rings. The van der Waals surface area contributed by atoms with Crippen molar-refractivity contribution in [2.45, 2.75) is 76.6 Å². The molecule has 3 heterocycles. The molecule has 0 amide bonds. The van der Waals surface area contributed by atoms with Gasteiger partial charge in [-0.25, -0.2) is 9.13 Å². The predicted octanol–water partition coefficient (Wildman–Crippen LogP) is 9.46. The molecule has 1 unspecified atom stereocenters. The van der Waals surface area contributed by atoms with E-state index in [4.69, 9.17) is 33.2 Å². The van der Waals surface area contributed by atoms with E-state index in [0.29, 0.717) is 26.4 Å². The van der Waals surface area contributed by atoms with Crippen LogP contribution < -0.4 is 4.57 Å². The van der Waals surface area contributed by atoms with Gasteiger partial charge >= 0.3 is 33.0 Å². The third-order valence-corrected chi connectivity index (χ3v) is 8.95. The first-order valence-electron chi connectivity index (χ1n) is 18.2. The fraction of sp³-hybridized carbons (Fsp3) is 0.341. The molecule has 5 aromatic rings. The molecular weight excluding hydrogens is 777 g/mol. The van der Waals surface area contributed by atoms with Gasteiger partial charge in [-0.05, 0) is 27.8 Å². The van der Waals surface area contributed by atoms with E-state index in [-0.39, 0.29) is 6.61 Å². The minimum atomic E-state index is -10.7. The summed E-state index contributed by atoms with van der Waals surface area (Å²) in [7, 11) is -8.64. The first kappa shape index (κ1) is 42.4. The van der Waals surface area contributed by atoms with Gasteiger partial charge < -0.3 is 28.4 Å². The number of rotatable bonds is 15. The van der Waals surface area contributed by atoms with Crippen molar-refractivity contribution in [2.75, 3.05) is 6.61 Å².